The summed E-state index contributed by atoms with van der Waals surface area (Å²) in [5, 5.41) is 6.33. The molecule has 0 saturated heterocycles. The number of hydrogen-bond acceptors (Lipinski definition) is 3. The number of anilines is 1. The first-order valence-electron chi connectivity index (χ1n) is 6.70. The molecule has 4 nitrogen and oxygen atoms in total. The third-order valence-electron chi connectivity index (χ3n) is 3.11. The van der Waals surface area contributed by atoms with Crippen LogP contribution in [0.5, 0.6) is 0 Å². The number of alkyl carbamates (subject to hydrolysis) is 1. The maximum atomic E-state index is 11.9. The van der Waals surface area contributed by atoms with Crippen LogP contribution in [-0.2, 0) is 4.74 Å². The van der Waals surface area contributed by atoms with Gasteiger partial charge in [-0.3, -0.25) is 0 Å². The van der Waals surface area contributed by atoms with E-state index in [4.69, 9.17) is 4.74 Å². The molecule has 0 aromatic heterocycles. The van der Waals surface area contributed by atoms with E-state index in [1.165, 1.54) is 11.1 Å². The van der Waals surface area contributed by atoms with Gasteiger partial charge < -0.3 is 15.4 Å². The van der Waals surface area contributed by atoms with E-state index in [1.54, 1.807) is 0 Å². The summed E-state index contributed by atoms with van der Waals surface area (Å²) in [6.45, 7) is 8.53. The van der Waals surface area contributed by atoms with Crippen LogP contribution >= 0.6 is 0 Å². The summed E-state index contributed by atoms with van der Waals surface area (Å²) >= 11 is 0. The number of rotatable bonds is 1. The number of carbonyl (C=O) groups excluding carboxylic acids is 1. The van der Waals surface area contributed by atoms with E-state index in [9.17, 15) is 4.79 Å². The van der Waals surface area contributed by atoms with Crippen LogP contribution in [0.25, 0.3) is 0 Å². The monoisotopic (exact) mass is 262 g/mol. The molecule has 1 aliphatic rings. The zero-order chi connectivity index (χ0) is 14.0. The maximum Gasteiger partial charge on any atom is 0.408 e. The van der Waals surface area contributed by atoms with Gasteiger partial charge in [0.2, 0.25) is 0 Å². The molecule has 0 bridgehead atoms. The van der Waals surface area contributed by atoms with Crippen molar-refractivity contribution in [1.82, 2.24) is 5.32 Å². The number of nitrogens with one attached hydrogen (secondary N) is 2. The van der Waals surface area contributed by atoms with Crippen LogP contribution in [0, 0.1) is 6.92 Å². The van der Waals surface area contributed by atoms with Crippen LogP contribution in [-0.4, -0.2) is 18.2 Å². The normalized spacial score (nSPS) is 18.2. The summed E-state index contributed by atoms with van der Waals surface area (Å²) in [4.78, 5) is 11.9. The van der Waals surface area contributed by atoms with Gasteiger partial charge in [0.25, 0.3) is 0 Å². The highest BCUT2D eigenvalue weighted by molar-refractivity contribution is 5.70. The van der Waals surface area contributed by atoms with Gasteiger partial charge in [0, 0.05) is 17.8 Å². The molecule has 2 rings (SSSR count). The number of ether oxygens (including phenoxy) is 1. The van der Waals surface area contributed by atoms with E-state index >= 15 is 0 Å². The van der Waals surface area contributed by atoms with E-state index in [-0.39, 0.29) is 12.1 Å². The molecule has 1 aromatic rings. The highest BCUT2D eigenvalue weighted by Gasteiger charge is 2.25. The fourth-order valence-corrected chi connectivity index (χ4v) is 2.39. The molecule has 1 amide bonds. The zero-order valence-electron chi connectivity index (χ0n) is 12.0. The molecule has 19 heavy (non-hydrogen) atoms. The third-order valence-corrected chi connectivity index (χ3v) is 3.11. The Labute approximate surface area is 114 Å². The number of hydrogen-bond donors (Lipinski definition) is 2. The lowest BCUT2D eigenvalue weighted by Crippen LogP contribution is -2.37. The molecular weight excluding hydrogens is 240 g/mol. The number of aryl methyl sites for hydroxylation is 1. The fraction of sp³-hybridized carbons (Fsp3) is 0.533. The van der Waals surface area contributed by atoms with Gasteiger partial charge >= 0.3 is 6.09 Å². The zero-order valence-corrected chi connectivity index (χ0v) is 12.0. The van der Waals surface area contributed by atoms with Crippen molar-refractivity contribution in [1.29, 1.82) is 0 Å². The van der Waals surface area contributed by atoms with Gasteiger partial charge in [0.1, 0.15) is 5.60 Å². The second-order valence-electron chi connectivity index (χ2n) is 5.95. The van der Waals surface area contributed by atoms with E-state index in [1.807, 2.05) is 32.9 Å². The highest BCUT2D eigenvalue weighted by Crippen LogP contribution is 2.32. The molecule has 1 atom stereocenters. The second-order valence-corrected chi connectivity index (χ2v) is 5.95. The van der Waals surface area contributed by atoms with Crippen LogP contribution in [0.4, 0.5) is 10.5 Å². The summed E-state index contributed by atoms with van der Waals surface area (Å²) in [5.41, 5.74) is 2.99. The van der Waals surface area contributed by atoms with Crippen LogP contribution in [0.3, 0.4) is 0 Å². The van der Waals surface area contributed by atoms with E-state index in [0.29, 0.717) is 0 Å². The van der Waals surface area contributed by atoms with Crippen molar-refractivity contribution in [3.63, 3.8) is 0 Å². The molecule has 0 radical (unpaired) electrons. The summed E-state index contributed by atoms with van der Waals surface area (Å²) in [7, 11) is 0. The SMILES string of the molecule is Cc1cccc2c1[C@@H](NC(=O)OC(C)(C)C)CCN2. The van der Waals surface area contributed by atoms with Gasteiger partial charge in [-0.05, 0) is 45.7 Å². The summed E-state index contributed by atoms with van der Waals surface area (Å²) < 4.78 is 5.32. The summed E-state index contributed by atoms with van der Waals surface area (Å²) in [6.07, 6.45) is 0.519. The molecule has 104 valence electrons. The molecule has 0 spiro atoms. The van der Waals surface area contributed by atoms with Crippen molar-refractivity contribution in [3.8, 4) is 0 Å². The van der Waals surface area contributed by atoms with Crippen molar-refractivity contribution in [2.75, 3.05) is 11.9 Å². The quantitative estimate of drug-likeness (QED) is 0.815. The largest absolute Gasteiger partial charge is 0.444 e. The molecule has 4 heteroatoms. The van der Waals surface area contributed by atoms with Crippen molar-refractivity contribution in [3.05, 3.63) is 29.3 Å². The first-order chi connectivity index (χ1) is 8.87. The standard InChI is InChI=1S/C15H22N2O2/c1-10-6-5-7-11-13(10)12(8-9-16-11)17-14(18)19-15(2,3)4/h5-7,12,16H,8-9H2,1-4H3,(H,17,18)/t12-/m0/s1. The minimum atomic E-state index is -0.467. The van der Waals surface area contributed by atoms with Crippen molar-refractivity contribution >= 4 is 11.8 Å². The highest BCUT2D eigenvalue weighted by atomic mass is 16.6. The van der Waals surface area contributed by atoms with Crippen molar-refractivity contribution < 1.29 is 9.53 Å². The minimum Gasteiger partial charge on any atom is -0.444 e. The Kier molecular flexibility index (Phi) is 3.69. The lowest BCUT2D eigenvalue weighted by Gasteiger charge is -2.30. The Balaban J connectivity index is 2.14. The number of amides is 1. The van der Waals surface area contributed by atoms with Gasteiger partial charge in [-0.2, -0.15) is 0 Å². The Morgan fingerprint density at radius 1 is 1.42 bits per heavy atom. The molecule has 1 aromatic carbocycles. The lowest BCUT2D eigenvalue weighted by atomic mass is 9.94. The first kappa shape index (κ1) is 13.7. The van der Waals surface area contributed by atoms with Gasteiger partial charge in [-0.15, -0.1) is 0 Å². The Morgan fingerprint density at radius 2 is 2.16 bits per heavy atom. The molecule has 0 saturated carbocycles. The molecular formula is C15H22N2O2. The Morgan fingerprint density at radius 3 is 2.84 bits per heavy atom. The predicted octanol–water partition coefficient (Wildman–Crippen LogP) is 3.38. The van der Waals surface area contributed by atoms with E-state index in [2.05, 4.69) is 23.6 Å². The topological polar surface area (TPSA) is 50.4 Å². The third kappa shape index (κ3) is 3.40. The predicted molar refractivity (Wildman–Crippen MR) is 76.4 cm³/mol. The average Bonchev–Trinajstić information content (AvgIpc) is 2.26. The number of benzene rings is 1. The first-order valence-corrected chi connectivity index (χ1v) is 6.70. The molecule has 1 aliphatic heterocycles. The number of fused-ring (bicyclic) bond motifs is 1. The van der Waals surface area contributed by atoms with Gasteiger partial charge in [-0.25, -0.2) is 4.79 Å². The van der Waals surface area contributed by atoms with Crippen molar-refractivity contribution in [2.45, 2.75) is 45.8 Å². The minimum absolute atomic E-state index is 0.0206. The molecule has 2 N–H and O–H groups in total. The smallest absolute Gasteiger partial charge is 0.408 e. The van der Waals surface area contributed by atoms with Crippen LogP contribution < -0.4 is 10.6 Å². The molecule has 0 unspecified atom stereocenters. The van der Waals surface area contributed by atoms with E-state index < -0.39 is 5.60 Å². The molecule has 1 heterocycles. The average molecular weight is 262 g/mol. The fourth-order valence-electron chi connectivity index (χ4n) is 2.39. The van der Waals surface area contributed by atoms with Gasteiger partial charge in [0.05, 0.1) is 6.04 Å². The maximum absolute atomic E-state index is 11.9. The second kappa shape index (κ2) is 5.11. The van der Waals surface area contributed by atoms with Crippen LogP contribution in [0.2, 0.25) is 0 Å². The van der Waals surface area contributed by atoms with Crippen LogP contribution in [0.1, 0.15) is 44.4 Å². The summed E-state index contributed by atoms with van der Waals surface area (Å²) in [5.74, 6) is 0. The van der Waals surface area contributed by atoms with E-state index in [0.717, 1.165) is 18.7 Å². The molecule has 0 aliphatic carbocycles. The van der Waals surface area contributed by atoms with Crippen LogP contribution in [0.15, 0.2) is 18.2 Å². The van der Waals surface area contributed by atoms with Crippen molar-refractivity contribution in [2.24, 2.45) is 0 Å². The molecule has 0 fully saturated rings. The van der Waals surface area contributed by atoms with Gasteiger partial charge in [0.15, 0.2) is 0 Å². The summed E-state index contributed by atoms with van der Waals surface area (Å²) in [6, 6.07) is 6.16. The number of carbonyl (C=O) groups is 1. The Hall–Kier alpha value is -1.71. The lowest BCUT2D eigenvalue weighted by molar-refractivity contribution is 0.0501. The Bertz CT molecular complexity index is 478. The van der Waals surface area contributed by atoms with Gasteiger partial charge in [-0.1, -0.05) is 12.1 Å².